The Morgan fingerprint density at radius 2 is 1.78 bits per heavy atom. The average Bonchev–Trinajstić information content (AvgIpc) is 3.33. The molecule has 2 fully saturated rings. The normalized spacial score (nSPS) is 25.4. The van der Waals surface area contributed by atoms with Crippen molar-refractivity contribution in [3.05, 3.63) is 42.2 Å². The maximum atomic E-state index is 12.5. The molecule has 4 rings (SSSR count). The van der Waals surface area contributed by atoms with Gasteiger partial charge in [-0.1, -0.05) is 38.1 Å². The number of nitrogens with zero attached hydrogens (tertiary/aromatic N) is 2. The van der Waals surface area contributed by atoms with Gasteiger partial charge in [-0.25, -0.2) is 0 Å². The number of hydrogen-bond donors (Lipinski definition) is 3. The number of hydrogen-bond acceptors (Lipinski definition) is 5. The second-order valence-electron chi connectivity index (χ2n) is 11.8. The molecule has 1 aromatic carbocycles. The summed E-state index contributed by atoms with van der Waals surface area (Å²) in [6, 6.07) is 10.5. The van der Waals surface area contributed by atoms with E-state index in [1.165, 1.54) is 6.42 Å². The van der Waals surface area contributed by atoms with Gasteiger partial charge in [-0.3, -0.25) is 19.4 Å². The highest BCUT2D eigenvalue weighted by atomic mass is 16.4. The van der Waals surface area contributed by atoms with E-state index >= 15 is 0 Å². The first-order chi connectivity index (χ1) is 17.2. The molecule has 1 aromatic heterocycles. The van der Waals surface area contributed by atoms with Crippen molar-refractivity contribution in [3.8, 4) is 0 Å². The zero-order valence-corrected chi connectivity index (χ0v) is 22.9. The molecule has 8 nitrogen and oxygen atoms in total. The maximum Gasteiger partial charge on any atom is 0.309 e. The number of benzene rings is 1. The van der Waals surface area contributed by atoms with Crippen LogP contribution >= 0.6 is 0 Å². The van der Waals surface area contributed by atoms with Gasteiger partial charge in [0, 0.05) is 24.0 Å². The Balaban J connectivity index is 0.000000233. The number of aromatic nitrogens is 1. The molecule has 8 heteroatoms. The summed E-state index contributed by atoms with van der Waals surface area (Å²) in [5.41, 5.74) is -1.18. The van der Waals surface area contributed by atoms with E-state index in [4.69, 9.17) is 10.2 Å². The second-order valence-corrected chi connectivity index (χ2v) is 11.8. The zero-order valence-electron chi connectivity index (χ0n) is 22.9. The Morgan fingerprint density at radius 3 is 2.32 bits per heavy atom. The van der Waals surface area contributed by atoms with Crippen molar-refractivity contribution in [3.63, 3.8) is 0 Å². The average molecular weight is 512 g/mol. The topological polar surface area (TPSA) is 120 Å². The van der Waals surface area contributed by atoms with Gasteiger partial charge in [0.25, 0.3) is 0 Å². The minimum Gasteiger partial charge on any atom is -0.481 e. The quantitative estimate of drug-likeness (QED) is 0.516. The first-order valence-corrected chi connectivity index (χ1v) is 13.0. The van der Waals surface area contributed by atoms with Crippen molar-refractivity contribution in [2.75, 3.05) is 13.6 Å². The molecule has 1 aliphatic heterocycles. The van der Waals surface area contributed by atoms with Crippen molar-refractivity contribution >= 4 is 28.6 Å². The second kappa shape index (κ2) is 10.8. The molecule has 1 saturated heterocycles. The standard InChI is InChI=1S/C19H25N3O.C10H16O4/c1-19(2,21-17(23)13-15-8-6-12-22(15)3)18-16-9-5-4-7-14(16)10-11-20-18;1-9(2)6(7(11)12)4-5-10(9,3)8(13)14/h4-5,7,9-11,15H,6,8,12-13H2,1-3H3,(H,21,23);6H,4-5H2,1-3H3,(H,11,12)(H,13,14)/t15-;/m0./s1. The van der Waals surface area contributed by atoms with E-state index < -0.39 is 34.2 Å². The highest BCUT2D eigenvalue weighted by molar-refractivity contribution is 5.86. The third kappa shape index (κ3) is 5.79. The molecular formula is C29H41N3O5. The number of pyridine rings is 1. The van der Waals surface area contributed by atoms with E-state index in [9.17, 15) is 14.4 Å². The van der Waals surface area contributed by atoms with Crippen LogP contribution in [0.1, 0.15) is 72.4 Å². The van der Waals surface area contributed by atoms with E-state index in [1.807, 2.05) is 38.2 Å². The first-order valence-electron chi connectivity index (χ1n) is 13.0. The van der Waals surface area contributed by atoms with Crippen molar-refractivity contribution in [2.45, 2.75) is 78.3 Å². The van der Waals surface area contributed by atoms with Gasteiger partial charge in [-0.2, -0.15) is 0 Å². The van der Waals surface area contributed by atoms with Crippen molar-refractivity contribution < 1.29 is 24.6 Å². The van der Waals surface area contributed by atoms with Crippen LogP contribution in [0.25, 0.3) is 10.8 Å². The van der Waals surface area contributed by atoms with Crippen LogP contribution in [0, 0.1) is 16.7 Å². The van der Waals surface area contributed by atoms with Gasteiger partial charge in [0.15, 0.2) is 0 Å². The molecule has 2 heterocycles. The van der Waals surface area contributed by atoms with Crippen molar-refractivity contribution in [2.24, 2.45) is 16.7 Å². The molecule has 2 aromatic rings. The Kier molecular flexibility index (Phi) is 8.32. The largest absolute Gasteiger partial charge is 0.481 e. The van der Waals surface area contributed by atoms with Crippen molar-refractivity contribution in [1.82, 2.24) is 15.2 Å². The lowest BCUT2D eigenvalue weighted by atomic mass is 9.66. The van der Waals surface area contributed by atoms with Crippen LogP contribution in [0.2, 0.25) is 0 Å². The molecule has 0 bridgehead atoms. The van der Waals surface area contributed by atoms with Gasteiger partial charge in [0.05, 0.1) is 22.6 Å². The Hall–Kier alpha value is -3.00. The van der Waals surface area contributed by atoms with Gasteiger partial charge in [0.1, 0.15) is 0 Å². The zero-order chi connectivity index (χ0) is 27.6. The number of amides is 1. The van der Waals surface area contributed by atoms with Gasteiger partial charge < -0.3 is 20.4 Å². The van der Waals surface area contributed by atoms with Crippen LogP contribution in [-0.4, -0.2) is 57.6 Å². The van der Waals surface area contributed by atoms with Gasteiger partial charge >= 0.3 is 11.9 Å². The first kappa shape index (κ1) is 28.6. The van der Waals surface area contributed by atoms with E-state index in [-0.39, 0.29) is 5.91 Å². The van der Waals surface area contributed by atoms with Gasteiger partial charge in [-0.05, 0) is 76.9 Å². The van der Waals surface area contributed by atoms with E-state index in [0.717, 1.165) is 29.4 Å². The predicted octanol–water partition coefficient (Wildman–Crippen LogP) is 4.67. The molecule has 2 aliphatic rings. The number of carboxylic acid groups (broad SMARTS) is 2. The Morgan fingerprint density at radius 1 is 1.11 bits per heavy atom. The van der Waals surface area contributed by atoms with Crippen molar-refractivity contribution in [1.29, 1.82) is 0 Å². The smallest absolute Gasteiger partial charge is 0.309 e. The molecule has 0 radical (unpaired) electrons. The summed E-state index contributed by atoms with van der Waals surface area (Å²) in [7, 11) is 2.10. The van der Waals surface area contributed by atoms with Crippen LogP contribution in [-0.2, 0) is 19.9 Å². The summed E-state index contributed by atoms with van der Waals surface area (Å²) in [5.74, 6) is -2.24. The molecular weight excluding hydrogens is 470 g/mol. The SMILES string of the molecule is CC1(C(=O)O)CCC(C(=O)O)C1(C)C.CN1CCC[C@H]1CC(=O)NC(C)(C)c1nccc2ccccc12. The third-order valence-corrected chi connectivity index (χ3v) is 8.81. The highest BCUT2D eigenvalue weighted by Gasteiger charge is 2.58. The Labute approximate surface area is 219 Å². The monoisotopic (exact) mass is 511 g/mol. The summed E-state index contributed by atoms with van der Waals surface area (Å²) in [6.07, 6.45) is 5.55. The fourth-order valence-corrected chi connectivity index (χ4v) is 5.84. The molecule has 202 valence electrons. The molecule has 37 heavy (non-hydrogen) atoms. The number of carbonyl (C=O) groups excluding carboxylic acids is 1. The van der Waals surface area contributed by atoms with Crippen LogP contribution in [0.5, 0.6) is 0 Å². The van der Waals surface area contributed by atoms with E-state index in [1.54, 1.807) is 20.8 Å². The number of carbonyl (C=O) groups is 3. The summed E-state index contributed by atoms with van der Waals surface area (Å²) >= 11 is 0. The van der Waals surface area contributed by atoms with Gasteiger partial charge in [-0.15, -0.1) is 0 Å². The summed E-state index contributed by atoms with van der Waals surface area (Å²) in [4.78, 5) is 41.4. The molecule has 0 spiro atoms. The minimum absolute atomic E-state index is 0.100. The molecule has 3 atom stereocenters. The minimum atomic E-state index is -0.921. The maximum absolute atomic E-state index is 12.5. The lowest BCUT2D eigenvalue weighted by Crippen LogP contribution is -2.44. The van der Waals surface area contributed by atoms with Crippen LogP contribution in [0.3, 0.4) is 0 Å². The van der Waals surface area contributed by atoms with E-state index in [0.29, 0.717) is 25.3 Å². The third-order valence-electron chi connectivity index (χ3n) is 8.81. The molecule has 1 aliphatic carbocycles. The number of fused-ring (bicyclic) bond motifs is 1. The lowest BCUT2D eigenvalue weighted by molar-refractivity contribution is -0.157. The molecule has 1 amide bonds. The number of rotatable bonds is 6. The van der Waals surface area contributed by atoms with Crippen LogP contribution in [0.15, 0.2) is 36.5 Å². The summed E-state index contributed by atoms with van der Waals surface area (Å²) < 4.78 is 0. The summed E-state index contributed by atoms with van der Waals surface area (Å²) in [5, 5.41) is 23.5. The number of aliphatic carboxylic acids is 2. The van der Waals surface area contributed by atoms with Crippen LogP contribution in [0.4, 0.5) is 0 Å². The Bertz CT molecular complexity index is 1160. The predicted molar refractivity (Wildman–Crippen MR) is 143 cm³/mol. The molecule has 3 N–H and O–H groups in total. The van der Waals surface area contributed by atoms with E-state index in [2.05, 4.69) is 34.4 Å². The number of carboxylic acids is 2. The molecule has 1 saturated carbocycles. The lowest BCUT2D eigenvalue weighted by Gasteiger charge is -2.36. The van der Waals surface area contributed by atoms with Crippen LogP contribution < -0.4 is 5.32 Å². The fraction of sp³-hybridized carbons (Fsp3) is 0.586. The number of nitrogens with one attached hydrogen (secondary N) is 1. The molecule has 2 unspecified atom stereocenters. The fourth-order valence-electron chi connectivity index (χ4n) is 5.84. The highest BCUT2D eigenvalue weighted by Crippen LogP contribution is 2.56. The summed E-state index contributed by atoms with van der Waals surface area (Å²) in [6.45, 7) is 10.2. The number of likely N-dealkylation sites (tertiary alicyclic amines) is 1. The van der Waals surface area contributed by atoms with Gasteiger partial charge in [0.2, 0.25) is 5.91 Å².